The second-order valence-electron chi connectivity index (χ2n) is 6.31. The first-order chi connectivity index (χ1) is 14.1. The van der Waals surface area contributed by atoms with Crippen LogP contribution in [0.15, 0.2) is 60.7 Å². The largest absolute Gasteiger partial charge is 0.494 e. The summed E-state index contributed by atoms with van der Waals surface area (Å²) in [6.45, 7) is 5.19. The number of carbonyl (C=O) groups is 1. The zero-order valence-electron chi connectivity index (χ0n) is 16.5. The molecule has 1 heterocycles. The Balaban J connectivity index is 1.39. The number of nitrogens with zero attached hydrogens (tertiary/aromatic N) is 2. The first kappa shape index (κ1) is 20.1. The monoisotopic (exact) mass is 392 g/mol. The van der Waals surface area contributed by atoms with Crippen LogP contribution in [0, 0.1) is 6.92 Å². The number of aromatic nitrogens is 2. The minimum atomic E-state index is -0.307. The van der Waals surface area contributed by atoms with Crippen LogP contribution in [0.1, 0.15) is 12.5 Å². The predicted octanol–water partition coefficient (Wildman–Crippen LogP) is 4.05. The predicted molar refractivity (Wildman–Crippen MR) is 112 cm³/mol. The third-order valence-corrected chi connectivity index (χ3v) is 4.05. The van der Waals surface area contributed by atoms with Crippen molar-refractivity contribution < 1.29 is 14.3 Å². The first-order valence-electron chi connectivity index (χ1n) is 9.45. The van der Waals surface area contributed by atoms with Gasteiger partial charge in [-0.1, -0.05) is 29.8 Å². The van der Waals surface area contributed by atoms with Gasteiger partial charge in [0.25, 0.3) is 0 Å². The molecule has 0 radical (unpaired) electrons. The Morgan fingerprint density at radius 2 is 1.69 bits per heavy atom. The van der Waals surface area contributed by atoms with Gasteiger partial charge in [0.15, 0.2) is 0 Å². The Kier molecular flexibility index (Phi) is 7.00. The van der Waals surface area contributed by atoms with Gasteiger partial charge in [-0.15, -0.1) is 10.2 Å². The molecule has 150 valence electrons. The maximum absolute atomic E-state index is 11.9. The third-order valence-electron chi connectivity index (χ3n) is 4.05. The quantitative estimate of drug-likeness (QED) is 0.565. The summed E-state index contributed by atoms with van der Waals surface area (Å²) in [6.07, 6.45) is 0. The molecule has 0 saturated heterocycles. The number of hydrogen-bond donors (Lipinski definition) is 2. The molecule has 0 saturated carbocycles. The lowest BCUT2D eigenvalue weighted by Crippen LogP contribution is -2.32. The molecule has 7 heteroatoms. The molecule has 3 rings (SSSR count). The van der Waals surface area contributed by atoms with E-state index in [1.807, 2.05) is 44.2 Å². The highest BCUT2D eigenvalue weighted by molar-refractivity contribution is 5.89. The summed E-state index contributed by atoms with van der Waals surface area (Å²) >= 11 is 0. The standard InChI is InChI=1S/C22H24N4O3/c1-3-28-19-10-8-18(9-11-19)24-22(27)23-14-15-29-21-13-12-20(25-26-21)17-6-4-16(2)5-7-17/h4-13H,3,14-15H2,1-2H3,(H2,23,24,27). The van der Waals surface area contributed by atoms with Crippen molar-refractivity contribution in [3.05, 3.63) is 66.2 Å². The van der Waals surface area contributed by atoms with Gasteiger partial charge in [-0.2, -0.15) is 0 Å². The minimum absolute atomic E-state index is 0.287. The summed E-state index contributed by atoms with van der Waals surface area (Å²) in [4.78, 5) is 11.9. The third kappa shape index (κ3) is 6.21. The van der Waals surface area contributed by atoms with Gasteiger partial charge in [-0.25, -0.2) is 4.79 Å². The molecule has 0 aliphatic rings. The minimum Gasteiger partial charge on any atom is -0.494 e. The molecule has 7 nitrogen and oxygen atoms in total. The topological polar surface area (TPSA) is 85.4 Å². The number of hydrogen-bond acceptors (Lipinski definition) is 5. The van der Waals surface area contributed by atoms with Crippen molar-refractivity contribution in [1.29, 1.82) is 0 Å². The van der Waals surface area contributed by atoms with Crippen LogP contribution in [0.5, 0.6) is 11.6 Å². The van der Waals surface area contributed by atoms with Crippen molar-refractivity contribution in [2.45, 2.75) is 13.8 Å². The second kappa shape index (κ2) is 10.1. The van der Waals surface area contributed by atoms with Gasteiger partial charge in [0.2, 0.25) is 5.88 Å². The molecule has 29 heavy (non-hydrogen) atoms. The number of urea groups is 1. The highest BCUT2D eigenvalue weighted by atomic mass is 16.5. The van der Waals surface area contributed by atoms with Gasteiger partial charge in [-0.3, -0.25) is 0 Å². The molecule has 0 atom stereocenters. The normalized spacial score (nSPS) is 10.3. The van der Waals surface area contributed by atoms with Gasteiger partial charge < -0.3 is 20.1 Å². The Morgan fingerprint density at radius 3 is 2.34 bits per heavy atom. The van der Waals surface area contributed by atoms with E-state index in [0.29, 0.717) is 24.7 Å². The van der Waals surface area contributed by atoms with Crippen molar-refractivity contribution >= 4 is 11.7 Å². The van der Waals surface area contributed by atoms with Crippen LogP contribution < -0.4 is 20.1 Å². The molecular formula is C22H24N4O3. The maximum atomic E-state index is 11.9. The number of aryl methyl sites for hydroxylation is 1. The van der Waals surface area contributed by atoms with Crippen molar-refractivity contribution in [3.63, 3.8) is 0 Å². The number of amides is 2. The average molecular weight is 392 g/mol. The number of benzene rings is 2. The highest BCUT2D eigenvalue weighted by Gasteiger charge is 2.04. The molecule has 0 aliphatic carbocycles. The van der Waals surface area contributed by atoms with E-state index in [1.54, 1.807) is 30.3 Å². The molecule has 2 aromatic carbocycles. The zero-order valence-corrected chi connectivity index (χ0v) is 16.5. The molecule has 0 bridgehead atoms. The van der Waals surface area contributed by atoms with E-state index in [9.17, 15) is 4.79 Å². The lowest BCUT2D eigenvalue weighted by Gasteiger charge is -2.09. The van der Waals surface area contributed by atoms with E-state index in [4.69, 9.17) is 9.47 Å². The number of rotatable bonds is 8. The lowest BCUT2D eigenvalue weighted by molar-refractivity contribution is 0.246. The molecule has 0 fully saturated rings. The van der Waals surface area contributed by atoms with Crippen LogP contribution >= 0.6 is 0 Å². The van der Waals surface area contributed by atoms with E-state index in [2.05, 4.69) is 20.8 Å². The number of nitrogens with one attached hydrogen (secondary N) is 2. The van der Waals surface area contributed by atoms with Crippen molar-refractivity contribution in [3.8, 4) is 22.9 Å². The molecule has 0 aliphatic heterocycles. The summed E-state index contributed by atoms with van der Waals surface area (Å²) < 4.78 is 10.9. The van der Waals surface area contributed by atoms with Gasteiger partial charge >= 0.3 is 6.03 Å². The summed E-state index contributed by atoms with van der Waals surface area (Å²) in [5.74, 6) is 1.18. The fourth-order valence-corrected chi connectivity index (χ4v) is 2.57. The Hall–Kier alpha value is -3.61. The van der Waals surface area contributed by atoms with Crippen LogP contribution in [0.4, 0.5) is 10.5 Å². The molecule has 2 amide bonds. The van der Waals surface area contributed by atoms with Crippen LogP contribution in [-0.4, -0.2) is 36.0 Å². The van der Waals surface area contributed by atoms with Crippen LogP contribution in [0.2, 0.25) is 0 Å². The van der Waals surface area contributed by atoms with Gasteiger partial charge in [0.05, 0.1) is 18.8 Å². The zero-order chi connectivity index (χ0) is 20.5. The van der Waals surface area contributed by atoms with E-state index < -0.39 is 0 Å². The summed E-state index contributed by atoms with van der Waals surface area (Å²) in [7, 11) is 0. The fourth-order valence-electron chi connectivity index (χ4n) is 2.57. The van der Waals surface area contributed by atoms with Crippen molar-refractivity contribution in [1.82, 2.24) is 15.5 Å². The summed E-state index contributed by atoms with van der Waals surface area (Å²) in [5.41, 5.74) is 3.66. The van der Waals surface area contributed by atoms with Gasteiger partial charge in [0, 0.05) is 17.3 Å². The van der Waals surface area contributed by atoms with Crippen molar-refractivity contribution in [2.75, 3.05) is 25.1 Å². The lowest BCUT2D eigenvalue weighted by atomic mass is 10.1. The Morgan fingerprint density at radius 1 is 0.931 bits per heavy atom. The molecule has 0 unspecified atom stereocenters. The molecular weight excluding hydrogens is 368 g/mol. The van der Waals surface area contributed by atoms with Crippen LogP contribution in [-0.2, 0) is 0 Å². The van der Waals surface area contributed by atoms with Crippen LogP contribution in [0.3, 0.4) is 0 Å². The fraction of sp³-hybridized carbons (Fsp3) is 0.227. The van der Waals surface area contributed by atoms with E-state index in [0.717, 1.165) is 17.0 Å². The average Bonchev–Trinajstić information content (AvgIpc) is 2.74. The molecule has 3 aromatic rings. The Labute approximate surface area is 170 Å². The molecule has 0 spiro atoms. The number of carbonyl (C=O) groups excluding carboxylic acids is 1. The van der Waals surface area contributed by atoms with Gasteiger partial charge in [0.1, 0.15) is 12.4 Å². The summed E-state index contributed by atoms with van der Waals surface area (Å²) in [6, 6.07) is 18.6. The smallest absolute Gasteiger partial charge is 0.319 e. The van der Waals surface area contributed by atoms with E-state index in [-0.39, 0.29) is 12.6 Å². The van der Waals surface area contributed by atoms with Crippen LogP contribution in [0.25, 0.3) is 11.3 Å². The maximum Gasteiger partial charge on any atom is 0.319 e. The molecule has 1 aromatic heterocycles. The first-order valence-corrected chi connectivity index (χ1v) is 9.45. The Bertz CT molecular complexity index is 910. The number of anilines is 1. The highest BCUT2D eigenvalue weighted by Crippen LogP contribution is 2.18. The second-order valence-corrected chi connectivity index (χ2v) is 6.31. The van der Waals surface area contributed by atoms with Gasteiger partial charge in [-0.05, 0) is 44.2 Å². The SMILES string of the molecule is CCOc1ccc(NC(=O)NCCOc2ccc(-c3ccc(C)cc3)nn2)cc1. The molecule has 2 N–H and O–H groups in total. The van der Waals surface area contributed by atoms with Crippen molar-refractivity contribution in [2.24, 2.45) is 0 Å². The number of ether oxygens (including phenoxy) is 2. The van der Waals surface area contributed by atoms with E-state index >= 15 is 0 Å². The van der Waals surface area contributed by atoms with E-state index in [1.165, 1.54) is 5.56 Å². The summed E-state index contributed by atoms with van der Waals surface area (Å²) in [5, 5.41) is 13.7.